The Hall–Kier alpha value is -1.17. The summed E-state index contributed by atoms with van der Waals surface area (Å²) in [6.07, 6.45) is 5.42. The molecule has 0 amide bonds. The molecule has 0 heterocycles. The Labute approximate surface area is 108 Å². The first kappa shape index (κ1) is 14.9. The third kappa shape index (κ3) is 3.41. The smallest absolute Gasteiger partial charge is 0.125 e. The molecule has 0 aromatic rings. The normalized spacial score (nSPS) is 16.5. The summed E-state index contributed by atoms with van der Waals surface area (Å²) in [6.45, 7) is 4.00. The van der Waals surface area contributed by atoms with Gasteiger partial charge in [-0.2, -0.15) is 5.26 Å². The third-order valence-corrected chi connectivity index (χ3v) is 3.51. The zero-order valence-electron chi connectivity index (χ0n) is 11.2. The van der Waals surface area contributed by atoms with E-state index in [4.69, 9.17) is 0 Å². The van der Waals surface area contributed by atoms with Gasteiger partial charge in [0, 0.05) is 12.0 Å². The van der Waals surface area contributed by atoms with Gasteiger partial charge in [0.1, 0.15) is 11.7 Å². The van der Waals surface area contributed by atoms with Gasteiger partial charge in [-0.1, -0.05) is 26.7 Å². The molecule has 18 heavy (non-hydrogen) atoms. The molecule has 1 aliphatic carbocycles. The fourth-order valence-electron chi connectivity index (χ4n) is 2.66. The van der Waals surface area contributed by atoms with Crippen LogP contribution in [0.3, 0.4) is 0 Å². The van der Waals surface area contributed by atoms with Crippen LogP contribution in [0.25, 0.3) is 0 Å². The van der Waals surface area contributed by atoms with Crippen LogP contribution in [0.5, 0.6) is 0 Å². The van der Waals surface area contributed by atoms with Gasteiger partial charge >= 0.3 is 0 Å². The minimum atomic E-state index is -0.612. The van der Waals surface area contributed by atoms with Crippen molar-refractivity contribution < 1.29 is 8.78 Å². The van der Waals surface area contributed by atoms with Crippen LogP contribution in [-0.2, 0) is 0 Å². The highest BCUT2D eigenvalue weighted by atomic mass is 19.1. The lowest BCUT2D eigenvalue weighted by Gasteiger charge is -2.27. The van der Waals surface area contributed by atoms with Crippen molar-refractivity contribution in [1.82, 2.24) is 0 Å². The lowest BCUT2D eigenvalue weighted by molar-refractivity contribution is 0.316. The Bertz CT molecular complexity index is 382. The van der Waals surface area contributed by atoms with Crippen LogP contribution in [0.15, 0.2) is 23.3 Å². The summed E-state index contributed by atoms with van der Waals surface area (Å²) in [5.74, 6) is -0.840. The summed E-state index contributed by atoms with van der Waals surface area (Å²) in [4.78, 5) is 0. The highest BCUT2D eigenvalue weighted by Gasteiger charge is 2.32. The molecule has 0 N–H and O–H groups in total. The molecule has 0 radical (unpaired) electrons. The Morgan fingerprint density at radius 3 is 2.33 bits per heavy atom. The average Bonchev–Trinajstić information content (AvgIpc) is 2.34. The van der Waals surface area contributed by atoms with Crippen LogP contribution in [0, 0.1) is 16.7 Å². The van der Waals surface area contributed by atoms with E-state index < -0.39 is 11.2 Å². The topological polar surface area (TPSA) is 23.8 Å². The lowest BCUT2D eigenvalue weighted by atomic mass is 9.74. The molecule has 1 nitrogen and oxygen atoms in total. The molecule has 1 aliphatic rings. The van der Waals surface area contributed by atoms with Gasteiger partial charge in [-0.05, 0) is 31.8 Å². The molecule has 0 fully saturated rings. The van der Waals surface area contributed by atoms with Crippen molar-refractivity contribution in [2.45, 2.75) is 58.8 Å². The van der Waals surface area contributed by atoms with E-state index in [9.17, 15) is 14.0 Å². The summed E-state index contributed by atoms with van der Waals surface area (Å²) in [5, 5.41) is 9.40. The first-order valence-electron chi connectivity index (χ1n) is 6.73. The summed E-state index contributed by atoms with van der Waals surface area (Å²) < 4.78 is 27.4. The monoisotopic (exact) mass is 253 g/mol. The van der Waals surface area contributed by atoms with Crippen molar-refractivity contribution in [1.29, 1.82) is 5.26 Å². The molecule has 0 aromatic heterocycles. The molecule has 0 bridgehead atoms. The van der Waals surface area contributed by atoms with E-state index >= 15 is 0 Å². The summed E-state index contributed by atoms with van der Waals surface area (Å²) in [7, 11) is 0. The fourth-order valence-corrected chi connectivity index (χ4v) is 2.66. The zero-order valence-corrected chi connectivity index (χ0v) is 11.2. The molecule has 0 aromatic carbocycles. The lowest BCUT2D eigenvalue weighted by Crippen LogP contribution is -2.20. The quantitative estimate of drug-likeness (QED) is 0.625. The Balaban J connectivity index is 2.96. The molecule has 0 aliphatic heterocycles. The van der Waals surface area contributed by atoms with E-state index in [0.717, 1.165) is 12.8 Å². The largest absolute Gasteiger partial charge is 0.211 e. The molecular formula is C15H21F2N. The maximum Gasteiger partial charge on any atom is 0.125 e. The highest BCUT2D eigenvalue weighted by Crippen LogP contribution is 2.41. The first-order valence-corrected chi connectivity index (χ1v) is 6.73. The molecule has 0 spiro atoms. The number of rotatable bonds is 6. The molecule has 0 atom stereocenters. The van der Waals surface area contributed by atoms with E-state index in [1.54, 1.807) is 0 Å². The van der Waals surface area contributed by atoms with Gasteiger partial charge in [0.2, 0.25) is 0 Å². The van der Waals surface area contributed by atoms with E-state index in [0.29, 0.717) is 19.3 Å². The van der Waals surface area contributed by atoms with Gasteiger partial charge in [0.15, 0.2) is 0 Å². The fraction of sp³-hybridized carbons (Fsp3) is 0.667. The standard InChI is InChI=1S/C15H21F2N/c1-3-8-15(11-18,9-4-2)10-12-13(16)6-5-7-14(12)17/h6H,3-5,7-10H2,1-2H3. The molecule has 100 valence electrons. The number of halogens is 2. The minimum Gasteiger partial charge on any atom is -0.211 e. The van der Waals surface area contributed by atoms with Gasteiger partial charge in [-0.3, -0.25) is 0 Å². The predicted octanol–water partition coefficient (Wildman–Crippen LogP) is 5.36. The van der Waals surface area contributed by atoms with E-state index in [1.807, 2.05) is 13.8 Å². The third-order valence-electron chi connectivity index (χ3n) is 3.51. The van der Waals surface area contributed by atoms with Gasteiger partial charge < -0.3 is 0 Å². The zero-order chi connectivity index (χ0) is 13.6. The van der Waals surface area contributed by atoms with Crippen molar-refractivity contribution >= 4 is 0 Å². The van der Waals surface area contributed by atoms with E-state index in [1.165, 1.54) is 6.08 Å². The summed E-state index contributed by atoms with van der Waals surface area (Å²) in [6, 6.07) is 2.31. The molecule has 0 unspecified atom stereocenters. The second kappa shape index (κ2) is 6.68. The van der Waals surface area contributed by atoms with Crippen molar-refractivity contribution in [3.63, 3.8) is 0 Å². The molecule has 0 saturated heterocycles. The van der Waals surface area contributed by atoms with Gasteiger partial charge in [0.05, 0.1) is 11.5 Å². The number of hydrogen-bond acceptors (Lipinski definition) is 1. The second-order valence-corrected chi connectivity index (χ2v) is 5.04. The molecular weight excluding hydrogens is 232 g/mol. The van der Waals surface area contributed by atoms with Gasteiger partial charge in [-0.15, -0.1) is 0 Å². The number of allylic oxidation sites excluding steroid dienone is 4. The van der Waals surface area contributed by atoms with Crippen molar-refractivity contribution in [2.75, 3.05) is 0 Å². The summed E-state index contributed by atoms with van der Waals surface area (Å²) >= 11 is 0. The predicted molar refractivity (Wildman–Crippen MR) is 69.0 cm³/mol. The average molecular weight is 253 g/mol. The SMILES string of the molecule is CCCC(C#N)(CCC)CC1=C(F)CCC=C1F. The number of nitrogens with zero attached hydrogens (tertiary/aromatic N) is 1. The van der Waals surface area contributed by atoms with Gasteiger partial charge in [-0.25, -0.2) is 8.78 Å². The highest BCUT2D eigenvalue weighted by molar-refractivity contribution is 5.33. The van der Waals surface area contributed by atoms with Crippen LogP contribution in [0.2, 0.25) is 0 Å². The van der Waals surface area contributed by atoms with Crippen LogP contribution < -0.4 is 0 Å². The maximum absolute atomic E-state index is 13.7. The van der Waals surface area contributed by atoms with Crippen molar-refractivity contribution in [2.24, 2.45) is 5.41 Å². The Morgan fingerprint density at radius 2 is 1.89 bits per heavy atom. The Kier molecular flexibility index (Phi) is 5.53. The second-order valence-electron chi connectivity index (χ2n) is 5.04. The first-order chi connectivity index (χ1) is 8.58. The molecule has 1 rings (SSSR count). The number of nitriles is 1. The summed E-state index contributed by atoms with van der Waals surface area (Å²) in [5.41, 5.74) is -0.483. The Morgan fingerprint density at radius 1 is 1.28 bits per heavy atom. The van der Waals surface area contributed by atoms with Crippen LogP contribution >= 0.6 is 0 Å². The van der Waals surface area contributed by atoms with Crippen molar-refractivity contribution in [3.05, 3.63) is 23.3 Å². The van der Waals surface area contributed by atoms with Crippen LogP contribution in [0.4, 0.5) is 8.78 Å². The minimum absolute atomic E-state index is 0.129. The van der Waals surface area contributed by atoms with Crippen molar-refractivity contribution in [3.8, 4) is 6.07 Å². The molecule has 3 heteroatoms. The van der Waals surface area contributed by atoms with Crippen LogP contribution in [0.1, 0.15) is 58.8 Å². The van der Waals surface area contributed by atoms with E-state index in [-0.39, 0.29) is 24.2 Å². The number of hydrogen-bond donors (Lipinski definition) is 0. The maximum atomic E-state index is 13.7. The molecule has 0 saturated carbocycles. The van der Waals surface area contributed by atoms with Gasteiger partial charge in [0.25, 0.3) is 0 Å². The van der Waals surface area contributed by atoms with E-state index in [2.05, 4.69) is 6.07 Å². The van der Waals surface area contributed by atoms with Crippen LogP contribution in [-0.4, -0.2) is 0 Å².